The molecule has 1 aromatic carbocycles. The standard InChI is InChI=1S/C13H8N4O9/c18-12(8-2-1-3-13(7-8,16(23)24)17(25)26)9-4-10(14(19)20)6-11(5-9)15(21)22/h1-2,4-7H,3H2. The van der Waals surface area contributed by atoms with Crippen molar-refractivity contribution in [2.45, 2.75) is 12.1 Å². The van der Waals surface area contributed by atoms with Crippen molar-refractivity contribution in [3.8, 4) is 0 Å². The van der Waals surface area contributed by atoms with Crippen LogP contribution in [0.4, 0.5) is 11.4 Å². The molecule has 2 rings (SSSR count). The van der Waals surface area contributed by atoms with Gasteiger partial charge in [0.05, 0.1) is 22.0 Å². The number of nitro benzene ring substituents is 2. The predicted molar refractivity (Wildman–Crippen MR) is 82.6 cm³/mol. The minimum Gasteiger partial charge on any atom is -0.289 e. The summed E-state index contributed by atoms with van der Waals surface area (Å²) in [6.07, 6.45) is 2.06. The zero-order valence-electron chi connectivity index (χ0n) is 12.6. The van der Waals surface area contributed by atoms with Gasteiger partial charge in [-0.05, 0) is 0 Å². The van der Waals surface area contributed by atoms with Crippen LogP contribution >= 0.6 is 0 Å². The van der Waals surface area contributed by atoms with Crippen LogP contribution in [0.25, 0.3) is 0 Å². The van der Waals surface area contributed by atoms with E-state index >= 15 is 0 Å². The van der Waals surface area contributed by atoms with Gasteiger partial charge in [0.1, 0.15) is 16.3 Å². The molecule has 134 valence electrons. The number of ketones is 1. The van der Waals surface area contributed by atoms with E-state index in [-0.39, 0.29) is 0 Å². The second-order valence-electron chi connectivity index (χ2n) is 5.18. The highest BCUT2D eigenvalue weighted by atomic mass is 16.7. The van der Waals surface area contributed by atoms with Crippen LogP contribution < -0.4 is 0 Å². The molecule has 13 heteroatoms. The van der Waals surface area contributed by atoms with E-state index in [2.05, 4.69) is 0 Å². The fourth-order valence-electron chi connectivity index (χ4n) is 2.28. The van der Waals surface area contributed by atoms with Gasteiger partial charge in [-0.3, -0.25) is 45.3 Å². The third kappa shape index (κ3) is 3.12. The van der Waals surface area contributed by atoms with Crippen molar-refractivity contribution in [3.63, 3.8) is 0 Å². The molecule has 13 nitrogen and oxygen atoms in total. The summed E-state index contributed by atoms with van der Waals surface area (Å²) in [4.78, 5) is 52.2. The molecule has 1 aliphatic rings. The van der Waals surface area contributed by atoms with E-state index in [1.54, 1.807) is 0 Å². The number of allylic oxidation sites excluding steroid dienone is 2. The van der Waals surface area contributed by atoms with Gasteiger partial charge in [0.2, 0.25) is 0 Å². The number of hydrogen-bond acceptors (Lipinski definition) is 9. The van der Waals surface area contributed by atoms with E-state index in [9.17, 15) is 45.3 Å². The van der Waals surface area contributed by atoms with Crippen molar-refractivity contribution in [2.75, 3.05) is 0 Å². The SMILES string of the molecule is O=C(C1=CC([N+](=O)[O-])([N+](=O)[O-])CC=C1)c1cc([N+](=O)[O-])cc([N+](=O)[O-])c1. The van der Waals surface area contributed by atoms with E-state index in [1.165, 1.54) is 0 Å². The Balaban J connectivity index is 2.58. The number of hydrogen-bond donors (Lipinski definition) is 0. The number of non-ortho nitro benzene ring substituents is 2. The van der Waals surface area contributed by atoms with Gasteiger partial charge in [0.15, 0.2) is 5.78 Å². The highest BCUT2D eigenvalue weighted by Gasteiger charge is 2.54. The molecule has 0 saturated heterocycles. The van der Waals surface area contributed by atoms with Gasteiger partial charge >= 0.3 is 5.66 Å². The Bertz CT molecular complexity index is 872. The molecule has 0 amide bonds. The van der Waals surface area contributed by atoms with Crippen LogP contribution in [0.5, 0.6) is 0 Å². The smallest absolute Gasteiger partial charge is 0.289 e. The van der Waals surface area contributed by atoms with Crippen LogP contribution in [-0.2, 0) is 0 Å². The lowest BCUT2D eigenvalue weighted by Gasteiger charge is -2.16. The molecule has 0 atom stereocenters. The Labute approximate surface area is 142 Å². The minimum atomic E-state index is -2.76. The fraction of sp³-hybridized carbons (Fsp3) is 0.154. The average molecular weight is 364 g/mol. The van der Waals surface area contributed by atoms with Crippen molar-refractivity contribution >= 4 is 17.2 Å². The van der Waals surface area contributed by atoms with E-state index in [4.69, 9.17) is 0 Å². The Kier molecular flexibility index (Phi) is 4.55. The number of carbonyl (C=O) groups excluding carboxylic acids is 1. The monoisotopic (exact) mass is 364 g/mol. The van der Waals surface area contributed by atoms with Gasteiger partial charge in [0.25, 0.3) is 11.4 Å². The minimum absolute atomic E-state index is 0.473. The molecule has 0 bridgehead atoms. The first-order valence-corrected chi connectivity index (χ1v) is 6.75. The molecule has 0 fully saturated rings. The van der Waals surface area contributed by atoms with Crippen LogP contribution in [0.2, 0.25) is 0 Å². The second kappa shape index (κ2) is 6.46. The number of nitrogens with zero attached hydrogens (tertiary/aromatic N) is 4. The zero-order chi connectivity index (χ0) is 19.6. The van der Waals surface area contributed by atoms with Crippen LogP contribution in [0.1, 0.15) is 16.8 Å². The van der Waals surface area contributed by atoms with Gasteiger partial charge in [0, 0.05) is 23.3 Å². The maximum atomic E-state index is 12.5. The summed E-state index contributed by atoms with van der Waals surface area (Å²) in [5.74, 6) is -1.05. The first kappa shape index (κ1) is 18.3. The lowest BCUT2D eigenvalue weighted by atomic mass is 9.92. The molecule has 0 saturated carbocycles. The van der Waals surface area contributed by atoms with Crippen LogP contribution in [0, 0.1) is 40.5 Å². The summed E-state index contributed by atoms with van der Waals surface area (Å²) in [5.41, 5.74) is -5.20. The molecular formula is C13H8N4O9. The second-order valence-corrected chi connectivity index (χ2v) is 5.18. The number of benzene rings is 1. The summed E-state index contributed by atoms with van der Waals surface area (Å²) in [6, 6.07) is 2.14. The van der Waals surface area contributed by atoms with E-state index in [0.717, 1.165) is 24.3 Å². The third-order valence-electron chi connectivity index (χ3n) is 3.58. The summed E-state index contributed by atoms with van der Waals surface area (Å²) in [7, 11) is 0. The summed E-state index contributed by atoms with van der Waals surface area (Å²) in [6.45, 7) is 0. The molecule has 0 unspecified atom stereocenters. The van der Waals surface area contributed by atoms with Crippen LogP contribution in [0.3, 0.4) is 0 Å². The largest absolute Gasteiger partial charge is 0.482 e. The number of nitro groups is 4. The van der Waals surface area contributed by atoms with Crippen LogP contribution in [0.15, 0.2) is 42.0 Å². The molecule has 1 aliphatic carbocycles. The summed E-state index contributed by atoms with van der Waals surface area (Å²) in [5, 5.41) is 44.0. The predicted octanol–water partition coefficient (Wildman–Crippen LogP) is 1.82. The first-order valence-electron chi connectivity index (χ1n) is 6.75. The molecule has 0 aromatic heterocycles. The molecule has 0 radical (unpaired) electrons. The molecule has 0 spiro atoms. The Morgan fingerprint density at radius 3 is 1.81 bits per heavy atom. The van der Waals surface area contributed by atoms with Gasteiger partial charge in [-0.25, -0.2) is 0 Å². The highest BCUT2D eigenvalue weighted by Crippen LogP contribution is 2.29. The quantitative estimate of drug-likeness (QED) is 0.313. The van der Waals surface area contributed by atoms with Crippen molar-refractivity contribution in [1.82, 2.24) is 0 Å². The third-order valence-corrected chi connectivity index (χ3v) is 3.58. The Morgan fingerprint density at radius 1 is 0.885 bits per heavy atom. The van der Waals surface area contributed by atoms with E-state index < -0.39 is 60.1 Å². The van der Waals surface area contributed by atoms with Crippen molar-refractivity contribution in [2.24, 2.45) is 0 Å². The maximum absolute atomic E-state index is 12.5. The molecule has 26 heavy (non-hydrogen) atoms. The van der Waals surface area contributed by atoms with Crippen LogP contribution in [-0.4, -0.2) is 31.1 Å². The van der Waals surface area contributed by atoms with Gasteiger partial charge in [-0.1, -0.05) is 12.2 Å². The number of rotatable bonds is 6. The maximum Gasteiger partial charge on any atom is 0.482 e. The number of Topliss-reactive ketones (excluding diaryl/α,β-unsaturated/α-hetero) is 1. The lowest BCUT2D eigenvalue weighted by molar-refractivity contribution is -0.780. The van der Waals surface area contributed by atoms with Crippen molar-refractivity contribution < 1.29 is 24.5 Å². The first-order chi connectivity index (χ1) is 12.1. The molecule has 0 N–H and O–H groups in total. The van der Waals surface area contributed by atoms with Gasteiger partial charge < -0.3 is 0 Å². The normalized spacial score (nSPS) is 15.0. The zero-order valence-corrected chi connectivity index (χ0v) is 12.6. The number of carbonyl (C=O) groups is 1. The van der Waals surface area contributed by atoms with Gasteiger partial charge in [-0.2, -0.15) is 0 Å². The molecule has 1 aromatic rings. The van der Waals surface area contributed by atoms with Crippen molar-refractivity contribution in [1.29, 1.82) is 0 Å². The Morgan fingerprint density at radius 2 is 1.38 bits per heavy atom. The topological polar surface area (TPSA) is 190 Å². The van der Waals surface area contributed by atoms with E-state index in [0.29, 0.717) is 12.1 Å². The van der Waals surface area contributed by atoms with Gasteiger partial charge in [-0.15, -0.1) is 0 Å². The molecular weight excluding hydrogens is 356 g/mol. The average Bonchev–Trinajstić information content (AvgIpc) is 2.60. The van der Waals surface area contributed by atoms with E-state index in [1.807, 2.05) is 0 Å². The fourth-order valence-corrected chi connectivity index (χ4v) is 2.28. The molecule has 0 heterocycles. The molecule has 0 aliphatic heterocycles. The van der Waals surface area contributed by atoms with Crippen molar-refractivity contribution in [3.05, 3.63) is 88.0 Å². The summed E-state index contributed by atoms with van der Waals surface area (Å²) >= 11 is 0. The summed E-state index contributed by atoms with van der Waals surface area (Å²) < 4.78 is 0. The Hall–Kier alpha value is -4.03. The lowest BCUT2D eigenvalue weighted by Crippen LogP contribution is -2.45. The highest BCUT2D eigenvalue weighted by molar-refractivity contribution is 6.11.